The van der Waals surface area contributed by atoms with Gasteiger partial charge in [0.25, 0.3) is 0 Å². The molecule has 2 saturated heterocycles. The number of alkyl halides is 3. The summed E-state index contributed by atoms with van der Waals surface area (Å²) in [7, 11) is 0. The number of hydrogen-bond donors (Lipinski definition) is 1. The quantitative estimate of drug-likeness (QED) is 0.865. The summed E-state index contributed by atoms with van der Waals surface area (Å²) in [4.78, 5) is 4.74. The van der Waals surface area contributed by atoms with E-state index in [1.165, 1.54) is 32.0 Å². The van der Waals surface area contributed by atoms with Crippen LogP contribution in [0.4, 0.5) is 24.5 Å². The maximum atomic E-state index is 12.3. The molecule has 2 fully saturated rings. The van der Waals surface area contributed by atoms with Crippen LogP contribution < -0.4 is 15.4 Å². The van der Waals surface area contributed by atoms with Crippen LogP contribution in [0.15, 0.2) is 18.2 Å². The first kappa shape index (κ1) is 16.2. The number of ether oxygens (including phenoxy) is 1. The molecule has 0 bridgehead atoms. The van der Waals surface area contributed by atoms with Gasteiger partial charge in [0.15, 0.2) is 5.75 Å². The van der Waals surface area contributed by atoms with Crippen LogP contribution in [0.1, 0.15) is 25.7 Å². The molecule has 0 saturated carbocycles. The molecule has 0 amide bonds. The van der Waals surface area contributed by atoms with Crippen molar-refractivity contribution in [3.8, 4) is 5.75 Å². The number of piperidine rings is 1. The van der Waals surface area contributed by atoms with E-state index in [0.29, 0.717) is 6.04 Å². The monoisotopic (exact) mass is 329 g/mol. The normalized spacial score (nSPS) is 20.9. The van der Waals surface area contributed by atoms with Crippen LogP contribution in [0.3, 0.4) is 0 Å². The number of halogens is 3. The lowest BCUT2D eigenvalue weighted by Crippen LogP contribution is -2.43. The van der Waals surface area contributed by atoms with Gasteiger partial charge >= 0.3 is 6.36 Å². The molecule has 0 aliphatic carbocycles. The van der Waals surface area contributed by atoms with Crippen molar-refractivity contribution in [3.05, 3.63) is 18.2 Å². The fraction of sp³-hybridized carbons (Fsp3) is 0.625. The molecule has 23 heavy (non-hydrogen) atoms. The first-order valence-corrected chi connectivity index (χ1v) is 8.07. The zero-order chi connectivity index (χ0) is 16.4. The number of hydrogen-bond acceptors (Lipinski definition) is 4. The lowest BCUT2D eigenvalue weighted by molar-refractivity contribution is -0.274. The summed E-state index contributed by atoms with van der Waals surface area (Å²) in [5, 5.41) is 0. The average molecular weight is 329 g/mol. The van der Waals surface area contributed by atoms with Gasteiger partial charge in [0.05, 0.1) is 5.69 Å². The SMILES string of the molecule is Nc1cc(N2CCC(N3CCCC3)CC2)ccc1OC(F)(F)F. The largest absolute Gasteiger partial charge is 0.573 e. The van der Waals surface area contributed by atoms with Crippen LogP contribution in [-0.4, -0.2) is 43.5 Å². The summed E-state index contributed by atoms with van der Waals surface area (Å²) in [5.74, 6) is -0.340. The molecule has 0 spiro atoms. The predicted octanol–water partition coefficient (Wildman–Crippen LogP) is 3.23. The Bertz CT molecular complexity index is 536. The Morgan fingerprint density at radius 2 is 1.70 bits per heavy atom. The maximum Gasteiger partial charge on any atom is 0.573 e. The van der Waals surface area contributed by atoms with Crippen LogP contribution >= 0.6 is 0 Å². The van der Waals surface area contributed by atoms with Crippen LogP contribution in [-0.2, 0) is 0 Å². The van der Waals surface area contributed by atoms with Crippen molar-refractivity contribution in [3.63, 3.8) is 0 Å². The molecule has 0 radical (unpaired) electrons. The van der Waals surface area contributed by atoms with Crippen LogP contribution in [0, 0.1) is 0 Å². The molecule has 7 heteroatoms. The summed E-state index contributed by atoms with van der Waals surface area (Å²) in [6.07, 6.45) is 0.0277. The standard InChI is InChI=1S/C16H22F3N3O/c17-16(18,19)23-15-4-3-13(11-14(15)20)22-9-5-12(6-10-22)21-7-1-2-8-21/h3-4,11-12H,1-2,5-10,20H2. The molecule has 0 atom stereocenters. The highest BCUT2D eigenvalue weighted by atomic mass is 19.4. The molecule has 0 aromatic heterocycles. The molecule has 2 heterocycles. The van der Waals surface area contributed by atoms with Crippen LogP contribution in [0.2, 0.25) is 0 Å². The molecule has 4 nitrogen and oxygen atoms in total. The topological polar surface area (TPSA) is 41.7 Å². The number of nitrogens with two attached hydrogens (primary N) is 1. The van der Waals surface area contributed by atoms with Crippen molar-refractivity contribution in [2.24, 2.45) is 0 Å². The molecular formula is C16H22F3N3O. The van der Waals surface area contributed by atoms with Gasteiger partial charge in [-0.2, -0.15) is 0 Å². The third kappa shape index (κ3) is 4.02. The molecule has 0 unspecified atom stereocenters. The van der Waals surface area contributed by atoms with Crippen molar-refractivity contribution in [1.82, 2.24) is 4.90 Å². The number of anilines is 2. The Balaban J connectivity index is 1.61. The minimum Gasteiger partial charge on any atom is -0.404 e. The van der Waals surface area contributed by atoms with E-state index in [4.69, 9.17) is 5.73 Å². The summed E-state index contributed by atoms with van der Waals surface area (Å²) in [6, 6.07) is 5.15. The van der Waals surface area contributed by atoms with Gasteiger partial charge in [-0.15, -0.1) is 13.2 Å². The first-order valence-electron chi connectivity index (χ1n) is 8.07. The highest BCUT2D eigenvalue weighted by Gasteiger charge is 2.32. The minimum atomic E-state index is -4.72. The number of nitrogens with zero attached hydrogens (tertiary/aromatic N) is 2. The van der Waals surface area contributed by atoms with Crippen molar-refractivity contribution >= 4 is 11.4 Å². The van der Waals surface area contributed by atoms with E-state index in [-0.39, 0.29) is 11.4 Å². The molecule has 1 aromatic rings. The summed E-state index contributed by atoms with van der Waals surface area (Å²) in [6.45, 7) is 4.20. The van der Waals surface area contributed by atoms with Gasteiger partial charge in [-0.05, 0) is 57.0 Å². The fourth-order valence-corrected chi connectivity index (χ4v) is 3.55. The van der Waals surface area contributed by atoms with Gasteiger partial charge in [-0.1, -0.05) is 0 Å². The first-order chi connectivity index (χ1) is 10.9. The summed E-state index contributed by atoms with van der Waals surface area (Å²) in [5.41, 5.74) is 6.58. The van der Waals surface area contributed by atoms with E-state index >= 15 is 0 Å². The zero-order valence-corrected chi connectivity index (χ0v) is 13.0. The second-order valence-electron chi connectivity index (χ2n) is 6.23. The van der Waals surface area contributed by atoms with E-state index < -0.39 is 6.36 Å². The Labute approximate surface area is 134 Å². The van der Waals surface area contributed by atoms with Gasteiger partial charge in [0.1, 0.15) is 0 Å². The third-order valence-electron chi connectivity index (χ3n) is 4.71. The summed E-state index contributed by atoms with van der Waals surface area (Å²) >= 11 is 0. The van der Waals surface area contributed by atoms with E-state index in [2.05, 4.69) is 14.5 Å². The number of likely N-dealkylation sites (tertiary alicyclic amines) is 1. The molecule has 2 aliphatic heterocycles. The second-order valence-corrected chi connectivity index (χ2v) is 6.23. The van der Waals surface area contributed by atoms with Gasteiger partial charge in [0, 0.05) is 24.8 Å². The number of rotatable bonds is 3. The highest BCUT2D eigenvalue weighted by molar-refractivity contribution is 5.63. The lowest BCUT2D eigenvalue weighted by atomic mass is 10.0. The Morgan fingerprint density at radius 1 is 1.04 bits per heavy atom. The third-order valence-corrected chi connectivity index (χ3v) is 4.71. The highest BCUT2D eigenvalue weighted by Crippen LogP contribution is 2.33. The van der Waals surface area contributed by atoms with E-state index in [9.17, 15) is 13.2 Å². The number of nitrogen functional groups attached to an aromatic ring is 1. The van der Waals surface area contributed by atoms with Crippen molar-refractivity contribution < 1.29 is 17.9 Å². The zero-order valence-electron chi connectivity index (χ0n) is 13.0. The van der Waals surface area contributed by atoms with Crippen molar-refractivity contribution in [2.45, 2.75) is 38.1 Å². The minimum absolute atomic E-state index is 0.0153. The molecule has 2 aliphatic rings. The van der Waals surface area contributed by atoms with Gasteiger partial charge in [-0.25, -0.2) is 0 Å². The van der Waals surface area contributed by atoms with E-state index in [0.717, 1.165) is 31.6 Å². The van der Waals surface area contributed by atoms with Crippen molar-refractivity contribution in [2.75, 3.05) is 36.8 Å². The predicted molar refractivity (Wildman–Crippen MR) is 83.6 cm³/mol. The number of benzene rings is 1. The van der Waals surface area contributed by atoms with Crippen LogP contribution in [0.25, 0.3) is 0 Å². The average Bonchev–Trinajstić information content (AvgIpc) is 3.02. The fourth-order valence-electron chi connectivity index (χ4n) is 3.55. The Morgan fingerprint density at radius 3 is 2.26 bits per heavy atom. The van der Waals surface area contributed by atoms with E-state index in [1.807, 2.05) is 0 Å². The molecule has 128 valence electrons. The van der Waals surface area contributed by atoms with Crippen molar-refractivity contribution in [1.29, 1.82) is 0 Å². The smallest absolute Gasteiger partial charge is 0.404 e. The van der Waals surface area contributed by atoms with Crippen LogP contribution in [0.5, 0.6) is 5.75 Å². The molecular weight excluding hydrogens is 307 g/mol. The van der Waals surface area contributed by atoms with Gasteiger partial charge < -0.3 is 20.3 Å². The van der Waals surface area contributed by atoms with E-state index in [1.54, 1.807) is 12.1 Å². The maximum absolute atomic E-state index is 12.3. The molecule has 3 rings (SSSR count). The molecule has 1 aromatic carbocycles. The van der Waals surface area contributed by atoms with Gasteiger partial charge in [0.2, 0.25) is 0 Å². The Hall–Kier alpha value is -1.63. The second kappa shape index (κ2) is 6.47. The van der Waals surface area contributed by atoms with Gasteiger partial charge in [-0.3, -0.25) is 0 Å². The summed E-state index contributed by atoms with van der Waals surface area (Å²) < 4.78 is 40.7. The molecule has 2 N–H and O–H groups in total. The lowest BCUT2D eigenvalue weighted by Gasteiger charge is -2.38. The Kier molecular flexibility index (Phi) is 4.57.